The standard InChI is InChI=1S/C24H25NO6/c1-6-31-24(27)21-20(19-16(29-4)11-13(28-3)12-17(19)30-5)22-18(23(21)26)14-9-7-8-10-15(14)25(22)2/h7-12,20-21H,6H2,1-5H3/t20-,21-/m1/s1. The minimum atomic E-state index is -1.03. The lowest BCUT2D eigenvalue weighted by Gasteiger charge is -2.24. The molecule has 0 saturated carbocycles. The van der Waals surface area contributed by atoms with Crippen LogP contribution in [0.2, 0.25) is 0 Å². The Bertz CT molecular complexity index is 1150. The fourth-order valence-corrected chi connectivity index (χ4v) is 4.62. The first-order valence-electron chi connectivity index (χ1n) is 10.1. The van der Waals surface area contributed by atoms with Crippen LogP contribution in [-0.4, -0.2) is 44.3 Å². The zero-order valence-electron chi connectivity index (χ0n) is 18.2. The monoisotopic (exact) mass is 423 g/mol. The molecule has 1 aromatic heterocycles. The van der Waals surface area contributed by atoms with Crippen LogP contribution in [0, 0.1) is 5.92 Å². The van der Waals surface area contributed by atoms with Crippen molar-refractivity contribution in [2.75, 3.05) is 27.9 Å². The summed E-state index contributed by atoms with van der Waals surface area (Å²) in [5.41, 5.74) is 2.81. The van der Waals surface area contributed by atoms with Gasteiger partial charge in [-0.3, -0.25) is 9.59 Å². The first kappa shape index (κ1) is 20.8. The van der Waals surface area contributed by atoms with Crippen LogP contribution in [0.1, 0.15) is 34.5 Å². The Morgan fingerprint density at radius 2 is 1.68 bits per heavy atom. The number of Topliss-reactive ketones (excluding diaryl/α,β-unsaturated/α-hetero) is 1. The number of benzene rings is 2. The van der Waals surface area contributed by atoms with E-state index in [9.17, 15) is 9.59 Å². The summed E-state index contributed by atoms with van der Waals surface area (Å²) in [5, 5.41) is 0.813. The number of para-hydroxylation sites is 1. The highest BCUT2D eigenvalue weighted by Crippen LogP contribution is 2.52. The minimum Gasteiger partial charge on any atom is -0.496 e. The molecule has 0 saturated heterocycles. The van der Waals surface area contributed by atoms with E-state index in [4.69, 9.17) is 18.9 Å². The maximum atomic E-state index is 13.6. The molecule has 0 spiro atoms. The molecule has 162 valence electrons. The van der Waals surface area contributed by atoms with Crippen molar-refractivity contribution in [3.8, 4) is 17.2 Å². The number of aromatic nitrogens is 1. The highest BCUT2D eigenvalue weighted by molar-refractivity contribution is 6.20. The summed E-state index contributed by atoms with van der Waals surface area (Å²) < 4.78 is 24.0. The van der Waals surface area contributed by atoms with Gasteiger partial charge in [0.2, 0.25) is 0 Å². The Balaban J connectivity index is 2.06. The van der Waals surface area contributed by atoms with Gasteiger partial charge in [-0.2, -0.15) is 0 Å². The first-order chi connectivity index (χ1) is 15.0. The van der Waals surface area contributed by atoms with Gasteiger partial charge in [-0.25, -0.2) is 0 Å². The normalized spacial score (nSPS) is 17.5. The van der Waals surface area contributed by atoms with E-state index in [1.54, 1.807) is 26.2 Å². The van der Waals surface area contributed by atoms with Crippen LogP contribution in [0.4, 0.5) is 0 Å². The highest BCUT2D eigenvalue weighted by atomic mass is 16.5. The van der Waals surface area contributed by atoms with Gasteiger partial charge in [-0.05, 0) is 13.0 Å². The van der Waals surface area contributed by atoms with Gasteiger partial charge in [0.25, 0.3) is 0 Å². The zero-order chi connectivity index (χ0) is 22.3. The molecule has 0 bridgehead atoms. The second-order valence-electron chi connectivity index (χ2n) is 7.35. The van der Waals surface area contributed by atoms with Crippen LogP contribution in [0.5, 0.6) is 17.2 Å². The van der Waals surface area contributed by atoms with Crippen LogP contribution in [-0.2, 0) is 16.6 Å². The molecule has 0 amide bonds. The molecule has 0 N–H and O–H groups in total. The smallest absolute Gasteiger partial charge is 0.317 e. The van der Waals surface area contributed by atoms with Crippen molar-refractivity contribution < 1.29 is 28.5 Å². The average Bonchev–Trinajstić information content (AvgIpc) is 3.25. The molecule has 2 aromatic carbocycles. The fourth-order valence-electron chi connectivity index (χ4n) is 4.62. The molecule has 1 heterocycles. The van der Waals surface area contributed by atoms with E-state index in [0.717, 1.165) is 16.6 Å². The number of nitrogens with zero attached hydrogens (tertiary/aromatic N) is 1. The Kier molecular flexibility index (Phi) is 5.35. The minimum absolute atomic E-state index is 0.184. The number of esters is 1. The number of rotatable bonds is 6. The lowest BCUT2D eigenvalue weighted by molar-refractivity contribution is -0.146. The van der Waals surface area contributed by atoms with E-state index in [1.165, 1.54) is 14.2 Å². The van der Waals surface area contributed by atoms with Gasteiger partial charge in [0.1, 0.15) is 23.2 Å². The van der Waals surface area contributed by atoms with Gasteiger partial charge < -0.3 is 23.5 Å². The van der Waals surface area contributed by atoms with Gasteiger partial charge >= 0.3 is 5.97 Å². The number of fused-ring (bicyclic) bond motifs is 3. The molecule has 3 aromatic rings. The molecule has 31 heavy (non-hydrogen) atoms. The van der Waals surface area contributed by atoms with E-state index in [2.05, 4.69) is 0 Å². The summed E-state index contributed by atoms with van der Waals surface area (Å²) in [6, 6.07) is 11.1. The number of carbonyl (C=O) groups excluding carboxylic acids is 2. The summed E-state index contributed by atoms with van der Waals surface area (Å²) >= 11 is 0. The lowest BCUT2D eigenvalue weighted by Crippen LogP contribution is -2.28. The number of ether oxygens (including phenoxy) is 4. The Morgan fingerprint density at radius 1 is 1.03 bits per heavy atom. The third kappa shape index (κ3) is 3.03. The Labute approximate surface area is 180 Å². The molecule has 7 nitrogen and oxygen atoms in total. The zero-order valence-corrected chi connectivity index (χ0v) is 18.2. The number of hydrogen-bond acceptors (Lipinski definition) is 6. The van der Waals surface area contributed by atoms with E-state index in [1.807, 2.05) is 35.9 Å². The molecule has 0 aliphatic heterocycles. The number of hydrogen-bond donors (Lipinski definition) is 0. The molecule has 4 rings (SSSR count). The summed E-state index contributed by atoms with van der Waals surface area (Å²) in [7, 11) is 6.53. The van der Waals surface area contributed by atoms with Crippen LogP contribution < -0.4 is 14.2 Å². The molecule has 2 atom stereocenters. The Morgan fingerprint density at radius 3 is 2.26 bits per heavy atom. The Hall–Kier alpha value is -3.48. The SMILES string of the molecule is CCOC(=O)[C@H]1C(=O)c2c(n(C)c3ccccc23)[C@@H]1c1c(OC)cc(OC)cc1OC. The van der Waals surface area contributed by atoms with Gasteiger partial charge in [-0.1, -0.05) is 18.2 Å². The summed E-state index contributed by atoms with van der Waals surface area (Å²) in [6.45, 7) is 1.91. The van der Waals surface area contributed by atoms with Crippen LogP contribution in [0.3, 0.4) is 0 Å². The highest BCUT2D eigenvalue weighted by Gasteiger charge is 2.51. The van der Waals surface area contributed by atoms with E-state index in [0.29, 0.717) is 28.4 Å². The van der Waals surface area contributed by atoms with Gasteiger partial charge in [0.15, 0.2) is 5.78 Å². The molecular weight excluding hydrogens is 398 g/mol. The predicted octanol–water partition coefficient (Wildman–Crippen LogP) is 3.71. The lowest BCUT2D eigenvalue weighted by atomic mass is 9.85. The average molecular weight is 423 g/mol. The maximum absolute atomic E-state index is 13.6. The van der Waals surface area contributed by atoms with Crippen LogP contribution >= 0.6 is 0 Å². The summed E-state index contributed by atoms with van der Waals surface area (Å²) in [4.78, 5) is 26.6. The summed E-state index contributed by atoms with van der Waals surface area (Å²) in [6.07, 6.45) is 0. The van der Waals surface area contributed by atoms with Crippen molar-refractivity contribution in [3.05, 3.63) is 53.2 Å². The third-order valence-electron chi connectivity index (χ3n) is 5.91. The fraction of sp³-hybridized carbons (Fsp3) is 0.333. The molecule has 0 radical (unpaired) electrons. The largest absolute Gasteiger partial charge is 0.496 e. The first-order valence-corrected chi connectivity index (χ1v) is 10.1. The molecule has 0 unspecified atom stereocenters. The molecule has 1 aliphatic rings. The van der Waals surface area contributed by atoms with Crippen molar-refractivity contribution in [2.24, 2.45) is 13.0 Å². The molecular formula is C24H25NO6. The van der Waals surface area contributed by atoms with Crippen molar-refractivity contribution in [3.63, 3.8) is 0 Å². The molecule has 1 aliphatic carbocycles. The molecule has 7 heteroatoms. The second kappa shape index (κ2) is 7.98. The maximum Gasteiger partial charge on any atom is 0.317 e. The van der Waals surface area contributed by atoms with Crippen LogP contribution in [0.15, 0.2) is 36.4 Å². The van der Waals surface area contributed by atoms with E-state index < -0.39 is 17.8 Å². The quantitative estimate of drug-likeness (QED) is 0.444. The van der Waals surface area contributed by atoms with Crippen molar-refractivity contribution >= 4 is 22.7 Å². The number of aryl methyl sites for hydroxylation is 1. The number of ketones is 1. The summed E-state index contributed by atoms with van der Waals surface area (Å²) in [5.74, 6) is -0.978. The van der Waals surface area contributed by atoms with Crippen molar-refractivity contribution in [1.29, 1.82) is 0 Å². The van der Waals surface area contributed by atoms with Crippen LogP contribution in [0.25, 0.3) is 10.9 Å². The van der Waals surface area contributed by atoms with Gasteiger partial charge in [-0.15, -0.1) is 0 Å². The van der Waals surface area contributed by atoms with Gasteiger partial charge in [0.05, 0.1) is 33.9 Å². The van der Waals surface area contributed by atoms with E-state index in [-0.39, 0.29) is 12.4 Å². The van der Waals surface area contributed by atoms with E-state index >= 15 is 0 Å². The topological polar surface area (TPSA) is 76.0 Å². The third-order valence-corrected chi connectivity index (χ3v) is 5.91. The predicted molar refractivity (Wildman–Crippen MR) is 115 cm³/mol. The number of carbonyl (C=O) groups is 2. The van der Waals surface area contributed by atoms with Crippen molar-refractivity contribution in [1.82, 2.24) is 4.57 Å². The molecule has 0 fully saturated rings. The van der Waals surface area contributed by atoms with Gasteiger partial charge in [0, 0.05) is 46.9 Å². The van der Waals surface area contributed by atoms with Crippen molar-refractivity contribution in [2.45, 2.75) is 12.8 Å². The second-order valence-corrected chi connectivity index (χ2v) is 7.35. The number of methoxy groups -OCH3 is 3.